The van der Waals surface area contributed by atoms with E-state index in [1.165, 1.54) is 0 Å². The summed E-state index contributed by atoms with van der Waals surface area (Å²) in [5, 5.41) is 4.36. The number of halogens is 10. The molecule has 0 saturated carbocycles. The zero-order valence-electron chi connectivity index (χ0n) is 39.7. The molecule has 1 aliphatic carbocycles. The molecule has 21 heteroatoms. The lowest BCUT2D eigenvalue weighted by Gasteiger charge is -2.23. The summed E-state index contributed by atoms with van der Waals surface area (Å²) in [5.74, 6) is -24.5. The van der Waals surface area contributed by atoms with Crippen LogP contribution in [0.25, 0.3) is 0 Å². The van der Waals surface area contributed by atoms with Gasteiger partial charge in [0.2, 0.25) is 11.6 Å². The van der Waals surface area contributed by atoms with Gasteiger partial charge in [-0.25, -0.2) is 43.9 Å². The average Bonchev–Trinajstić information content (AvgIpc) is 3.39. The van der Waals surface area contributed by atoms with Crippen molar-refractivity contribution in [1.29, 1.82) is 0 Å². The van der Waals surface area contributed by atoms with Crippen LogP contribution in [0.2, 0.25) is 0 Å². The second kappa shape index (κ2) is 24.8. The van der Waals surface area contributed by atoms with Gasteiger partial charge in [-0.15, -0.1) is 0 Å². The second-order valence-electron chi connectivity index (χ2n) is 17.0. The fourth-order valence-corrected chi connectivity index (χ4v) is 8.60. The fourth-order valence-electron chi connectivity index (χ4n) is 8.60. The monoisotopic (exact) mass is 1060 g/mol. The van der Waals surface area contributed by atoms with E-state index < -0.39 is 94.2 Å². The van der Waals surface area contributed by atoms with Crippen LogP contribution in [-0.4, -0.2) is 91.0 Å². The highest BCUT2D eigenvalue weighted by Gasteiger charge is 2.31. The zero-order valence-corrected chi connectivity index (χ0v) is 39.7. The van der Waals surface area contributed by atoms with Crippen molar-refractivity contribution in [2.45, 2.75) is 25.7 Å². The quantitative estimate of drug-likeness (QED) is 0.0598. The van der Waals surface area contributed by atoms with E-state index in [-0.39, 0.29) is 91.8 Å². The van der Waals surface area contributed by atoms with E-state index in [4.69, 9.17) is 33.2 Å². The number of rotatable bonds is 10. The summed E-state index contributed by atoms with van der Waals surface area (Å²) in [6.45, 7) is 0.0794. The van der Waals surface area contributed by atoms with Crippen LogP contribution in [-0.2, 0) is 39.9 Å². The molecule has 6 aromatic carbocycles. The van der Waals surface area contributed by atoms with Gasteiger partial charge < -0.3 is 43.8 Å². The van der Waals surface area contributed by atoms with Gasteiger partial charge in [0.15, 0.2) is 46.5 Å². The predicted molar refractivity (Wildman–Crippen MR) is 249 cm³/mol. The van der Waals surface area contributed by atoms with Gasteiger partial charge >= 0.3 is 0 Å². The third kappa shape index (κ3) is 12.3. The van der Waals surface area contributed by atoms with E-state index in [9.17, 15) is 53.5 Å². The molecule has 2 amide bonds. The number of amides is 2. The molecular weight excluding hydrogens is 1010 g/mol. The molecule has 11 nitrogen and oxygen atoms in total. The Kier molecular flexibility index (Phi) is 17.8. The fraction of sp³-hybridized carbons (Fsp3) is 0.296. The molecule has 0 fully saturated rings. The standard InChI is InChI=1S/C54H46F10N2O9/c55-39-37(40(56)44(60)47(63)43(39)59)53(67)65-13-15-72-49-29-5-1-6-30(49)26-34-10-4-12-36-28-32-8-2-7-31(50(32)73-16-14-66-54(68)38-41(57)45(61)48(64)46(62)42(38)58)27-35-11-3-9-33(25-29)51(35)74-23-21-70-19-17-69-18-20-71-22-24-75-52(34)36/h1-12H,13-28H2,(H,65,67)(H,66,68). The second-order valence-corrected chi connectivity index (χ2v) is 17.0. The van der Waals surface area contributed by atoms with E-state index in [1.807, 2.05) is 48.5 Å². The van der Waals surface area contributed by atoms with E-state index in [0.717, 1.165) is 0 Å². The molecule has 0 aromatic heterocycles. The highest BCUT2D eigenvalue weighted by molar-refractivity contribution is 5.95. The molecule has 396 valence electrons. The third-order valence-corrected chi connectivity index (χ3v) is 12.1. The molecule has 0 spiro atoms. The number of hydrogen-bond donors (Lipinski definition) is 2. The molecule has 1 aliphatic heterocycles. The molecule has 1 heterocycles. The Morgan fingerprint density at radius 2 is 0.627 bits per heavy atom. The summed E-state index contributed by atoms with van der Waals surface area (Å²) >= 11 is 0. The lowest BCUT2D eigenvalue weighted by atomic mass is 9.91. The van der Waals surface area contributed by atoms with Gasteiger partial charge in [0.25, 0.3) is 11.8 Å². The van der Waals surface area contributed by atoms with Gasteiger partial charge in [0.05, 0.1) is 52.7 Å². The van der Waals surface area contributed by atoms with E-state index in [2.05, 4.69) is 10.6 Å². The Balaban J connectivity index is 1.17. The van der Waals surface area contributed by atoms with Crippen molar-refractivity contribution in [2.75, 3.05) is 79.2 Å². The van der Waals surface area contributed by atoms with Crippen LogP contribution in [0.4, 0.5) is 43.9 Å². The van der Waals surface area contributed by atoms with Gasteiger partial charge in [-0.05, 0) is 44.5 Å². The number of hydrogen-bond acceptors (Lipinski definition) is 9. The maximum atomic E-state index is 14.5. The van der Waals surface area contributed by atoms with Gasteiger partial charge in [0.1, 0.15) is 60.6 Å². The summed E-state index contributed by atoms with van der Waals surface area (Å²) in [4.78, 5) is 25.7. The molecule has 0 atom stereocenters. The molecule has 6 aromatic rings. The maximum Gasteiger partial charge on any atom is 0.257 e. The molecule has 10 bridgehead atoms. The van der Waals surface area contributed by atoms with Gasteiger partial charge in [-0.2, -0.15) is 0 Å². The first kappa shape index (κ1) is 53.9. The number of carbonyl (C=O) groups is 2. The largest absolute Gasteiger partial charge is 0.491 e. The van der Waals surface area contributed by atoms with E-state index >= 15 is 0 Å². The minimum absolute atomic E-state index is 0.0861. The lowest BCUT2D eigenvalue weighted by Crippen LogP contribution is -2.30. The topological polar surface area (TPSA) is 123 Å². The average molecular weight is 1060 g/mol. The number of nitrogens with one attached hydrogen (secondary N) is 2. The van der Waals surface area contributed by atoms with Gasteiger partial charge in [-0.1, -0.05) is 72.8 Å². The van der Waals surface area contributed by atoms with Crippen LogP contribution < -0.4 is 29.6 Å². The smallest absolute Gasteiger partial charge is 0.257 e. The van der Waals surface area contributed by atoms with Crippen molar-refractivity contribution in [2.24, 2.45) is 0 Å². The first-order valence-corrected chi connectivity index (χ1v) is 23.5. The van der Waals surface area contributed by atoms with Crippen molar-refractivity contribution >= 4 is 11.8 Å². The van der Waals surface area contributed by atoms with Crippen LogP contribution >= 0.6 is 0 Å². The highest BCUT2D eigenvalue weighted by Crippen LogP contribution is 2.39. The minimum Gasteiger partial charge on any atom is -0.491 e. The summed E-state index contributed by atoms with van der Waals surface area (Å²) in [6.07, 6.45) is 0.686. The van der Waals surface area contributed by atoms with E-state index in [0.29, 0.717) is 67.5 Å². The van der Waals surface area contributed by atoms with Crippen LogP contribution in [0.3, 0.4) is 0 Å². The molecule has 8 rings (SSSR count). The number of benzene rings is 6. The molecule has 2 aliphatic rings. The Morgan fingerprint density at radius 3 is 0.920 bits per heavy atom. The minimum atomic E-state index is -2.41. The van der Waals surface area contributed by atoms with Gasteiger partial charge in [0, 0.05) is 25.7 Å². The van der Waals surface area contributed by atoms with Crippen molar-refractivity contribution in [3.63, 3.8) is 0 Å². The van der Waals surface area contributed by atoms with Crippen molar-refractivity contribution in [3.05, 3.63) is 187 Å². The maximum absolute atomic E-state index is 14.5. The zero-order chi connectivity index (χ0) is 53.2. The first-order valence-electron chi connectivity index (χ1n) is 23.5. The highest BCUT2D eigenvalue weighted by atomic mass is 19.2. The third-order valence-electron chi connectivity index (χ3n) is 12.1. The molecule has 2 N–H and O–H groups in total. The Bertz CT molecular complexity index is 2740. The Hall–Kier alpha value is -7.36. The number of ether oxygens (including phenoxy) is 7. The number of fused-ring (bicyclic) bond motifs is 2. The molecular formula is C54H46F10N2O9. The van der Waals surface area contributed by atoms with Crippen molar-refractivity contribution in [1.82, 2.24) is 10.6 Å². The summed E-state index contributed by atoms with van der Waals surface area (Å²) in [6, 6.07) is 21.9. The Labute approximate surface area is 422 Å². The van der Waals surface area contributed by atoms with Crippen LogP contribution in [0.15, 0.2) is 72.8 Å². The van der Waals surface area contributed by atoms with Crippen molar-refractivity contribution < 1.29 is 86.7 Å². The molecule has 0 saturated heterocycles. The predicted octanol–water partition coefficient (Wildman–Crippen LogP) is 9.19. The normalized spacial score (nSPS) is 14.3. The summed E-state index contributed by atoms with van der Waals surface area (Å²) < 4.78 is 185. The SMILES string of the molecule is O=C(NCCOc1c2cccc1Cc1cccc3c1OCCOCCOCCOCCOc1c(cccc1Cc1cccc(c1OCCNC(=O)c1c(F)c(F)c(F)c(F)c1F)C3)C2)c1c(F)c(F)c(F)c(F)c1F. The van der Waals surface area contributed by atoms with Gasteiger partial charge in [-0.3, -0.25) is 9.59 Å². The first-order chi connectivity index (χ1) is 36.2. The van der Waals surface area contributed by atoms with Crippen molar-refractivity contribution in [3.8, 4) is 23.0 Å². The Morgan fingerprint density at radius 1 is 0.373 bits per heavy atom. The summed E-state index contributed by atoms with van der Waals surface area (Å²) in [7, 11) is 0. The molecule has 75 heavy (non-hydrogen) atoms. The number of carbonyl (C=O) groups excluding carboxylic acids is 2. The summed E-state index contributed by atoms with van der Waals surface area (Å²) in [5.41, 5.74) is 1.88. The van der Waals surface area contributed by atoms with Crippen LogP contribution in [0.1, 0.15) is 65.2 Å². The van der Waals surface area contributed by atoms with Crippen LogP contribution in [0, 0.1) is 58.2 Å². The van der Waals surface area contributed by atoms with E-state index in [1.54, 1.807) is 24.3 Å². The number of para-hydroxylation sites is 4. The molecule has 0 unspecified atom stereocenters. The van der Waals surface area contributed by atoms with Crippen LogP contribution in [0.5, 0.6) is 23.0 Å². The molecule has 0 radical (unpaired) electrons. The lowest BCUT2D eigenvalue weighted by molar-refractivity contribution is 0.00484.